The average molecular weight is 338 g/mol. The van der Waals surface area contributed by atoms with E-state index in [1.165, 1.54) is 19.9 Å². The molecule has 6 nitrogen and oxygen atoms in total. The largest absolute Gasteiger partial charge is 0.458 e. The number of hydrogen-bond acceptors (Lipinski definition) is 6. The van der Waals surface area contributed by atoms with Crippen LogP contribution in [0, 0.1) is 0 Å². The first-order valence-electron chi connectivity index (χ1n) is 7.32. The topological polar surface area (TPSA) is 78.9 Å². The quantitative estimate of drug-likeness (QED) is 0.278. The molecule has 134 valence electrons. The molecule has 24 heavy (non-hydrogen) atoms. The lowest BCUT2D eigenvalue weighted by atomic mass is 10.3. The van der Waals surface area contributed by atoms with Crippen LogP contribution in [0.5, 0.6) is 0 Å². The van der Waals surface area contributed by atoms with E-state index < -0.39 is 24.2 Å². The molecule has 0 amide bonds. The highest BCUT2D eigenvalue weighted by atomic mass is 16.7. The van der Waals surface area contributed by atoms with Crippen molar-refractivity contribution in [2.45, 2.75) is 39.9 Å². The zero-order valence-electron chi connectivity index (χ0n) is 14.6. The van der Waals surface area contributed by atoms with Crippen molar-refractivity contribution in [2.75, 3.05) is 6.61 Å². The minimum Gasteiger partial charge on any atom is -0.458 e. The number of hydrogen-bond donors (Lipinski definition) is 0. The molecule has 0 N–H and O–H groups in total. The Morgan fingerprint density at radius 1 is 1.00 bits per heavy atom. The third-order valence-electron chi connectivity index (χ3n) is 2.21. The van der Waals surface area contributed by atoms with Crippen LogP contribution in [0.15, 0.2) is 49.6 Å². The summed E-state index contributed by atoms with van der Waals surface area (Å²) in [5, 5.41) is 0. The Balaban J connectivity index is 0. The molecule has 0 saturated carbocycles. The SMILES string of the molecule is C=C(C)C(=O)OC(CCC)OC(=O)C(=C)C.C=CCOC(=O)C=C. The predicted molar refractivity (Wildman–Crippen MR) is 91.9 cm³/mol. The van der Waals surface area contributed by atoms with Crippen molar-refractivity contribution in [3.05, 3.63) is 49.6 Å². The smallest absolute Gasteiger partial charge is 0.336 e. The van der Waals surface area contributed by atoms with Gasteiger partial charge in [-0.25, -0.2) is 14.4 Å². The Bertz CT molecular complexity index is 462. The van der Waals surface area contributed by atoms with Crippen LogP contribution < -0.4 is 0 Å². The van der Waals surface area contributed by atoms with E-state index in [9.17, 15) is 14.4 Å². The van der Waals surface area contributed by atoms with E-state index in [0.29, 0.717) is 6.42 Å². The van der Waals surface area contributed by atoms with Crippen molar-refractivity contribution in [3.8, 4) is 0 Å². The molecule has 6 heteroatoms. The van der Waals surface area contributed by atoms with Gasteiger partial charge in [0.1, 0.15) is 6.61 Å². The highest BCUT2D eigenvalue weighted by molar-refractivity contribution is 5.88. The molecule has 0 fully saturated rings. The molecule has 0 aromatic rings. The van der Waals surface area contributed by atoms with Crippen LogP contribution in [0.3, 0.4) is 0 Å². The van der Waals surface area contributed by atoms with Crippen molar-refractivity contribution in [3.63, 3.8) is 0 Å². The lowest BCUT2D eigenvalue weighted by Crippen LogP contribution is -2.25. The Kier molecular flexibility index (Phi) is 13.8. The van der Waals surface area contributed by atoms with Gasteiger partial charge >= 0.3 is 17.9 Å². The molecule has 0 atom stereocenters. The molecule has 0 saturated heterocycles. The van der Waals surface area contributed by atoms with Crippen molar-refractivity contribution in [2.24, 2.45) is 0 Å². The van der Waals surface area contributed by atoms with Crippen molar-refractivity contribution in [1.82, 2.24) is 0 Å². The minimum absolute atomic E-state index is 0.255. The minimum atomic E-state index is -0.863. The van der Waals surface area contributed by atoms with E-state index in [1.807, 2.05) is 6.92 Å². The maximum Gasteiger partial charge on any atom is 0.336 e. The van der Waals surface area contributed by atoms with E-state index in [1.54, 1.807) is 0 Å². The number of carbonyl (C=O) groups excluding carboxylic acids is 3. The van der Waals surface area contributed by atoms with Gasteiger partial charge in [-0.3, -0.25) is 0 Å². The van der Waals surface area contributed by atoms with E-state index in [-0.39, 0.29) is 17.8 Å². The second-order valence-electron chi connectivity index (χ2n) is 4.71. The molecule has 0 spiro atoms. The van der Waals surface area contributed by atoms with Gasteiger partial charge in [-0.2, -0.15) is 0 Å². The zero-order valence-corrected chi connectivity index (χ0v) is 14.6. The average Bonchev–Trinajstić information content (AvgIpc) is 2.52. The third-order valence-corrected chi connectivity index (χ3v) is 2.21. The van der Waals surface area contributed by atoms with Crippen LogP contribution in [-0.4, -0.2) is 30.8 Å². The Morgan fingerprint density at radius 3 is 1.75 bits per heavy atom. The Labute approximate surface area is 143 Å². The standard InChI is InChI=1S/C12H18O4.C6H8O2/c1-6-7-10(15-11(13)8(2)3)16-12(14)9(4)5;1-3-5-8-6(7)4-2/h10H,2,4,6-7H2,1,3,5H3;3-4H,1-2,5H2. The number of rotatable bonds is 9. The normalized spacial score (nSPS) is 9.00. The molecule has 0 rings (SSSR count). The van der Waals surface area contributed by atoms with Crippen LogP contribution in [0.1, 0.15) is 33.6 Å². The highest BCUT2D eigenvalue weighted by Crippen LogP contribution is 2.09. The fourth-order valence-electron chi connectivity index (χ4n) is 1.02. The molecule has 0 aromatic heterocycles. The summed E-state index contributed by atoms with van der Waals surface area (Å²) in [4.78, 5) is 32.7. The van der Waals surface area contributed by atoms with Gasteiger partial charge in [-0.05, 0) is 20.3 Å². The van der Waals surface area contributed by atoms with Crippen LogP contribution in [0.2, 0.25) is 0 Å². The molecule has 0 aliphatic heterocycles. The van der Waals surface area contributed by atoms with Crippen LogP contribution in [0.25, 0.3) is 0 Å². The molecule has 0 radical (unpaired) electrons. The predicted octanol–water partition coefficient (Wildman–Crippen LogP) is 3.25. The van der Waals surface area contributed by atoms with Gasteiger partial charge < -0.3 is 14.2 Å². The molecule has 0 bridgehead atoms. The molecular weight excluding hydrogens is 312 g/mol. The van der Waals surface area contributed by atoms with E-state index in [4.69, 9.17) is 9.47 Å². The van der Waals surface area contributed by atoms with Gasteiger partial charge in [-0.15, -0.1) is 0 Å². The fourth-order valence-corrected chi connectivity index (χ4v) is 1.02. The van der Waals surface area contributed by atoms with Crippen LogP contribution in [-0.2, 0) is 28.6 Å². The molecule has 0 aromatic carbocycles. The van der Waals surface area contributed by atoms with Crippen molar-refractivity contribution >= 4 is 17.9 Å². The van der Waals surface area contributed by atoms with Crippen LogP contribution in [0.4, 0.5) is 0 Å². The second kappa shape index (κ2) is 14.0. The van der Waals surface area contributed by atoms with E-state index in [2.05, 4.69) is 31.1 Å². The molecule has 0 aliphatic rings. The van der Waals surface area contributed by atoms with Gasteiger partial charge in [0.2, 0.25) is 6.29 Å². The Hall–Kier alpha value is -2.63. The summed E-state index contributed by atoms with van der Waals surface area (Å²) in [6.45, 7) is 18.7. The van der Waals surface area contributed by atoms with Crippen LogP contribution >= 0.6 is 0 Å². The molecular formula is C18H26O6. The van der Waals surface area contributed by atoms with Crippen molar-refractivity contribution < 1.29 is 28.6 Å². The fraction of sp³-hybridized carbons (Fsp3) is 0.389. The van der Waals surface area contributed by atoms with Gasteiger partial charge in [0.05, 0.1) is 0 Å². The summed E-state index contributed by atoms with van der Waals surface area (Å²) < 4.78 is 14.4. The first-order chi connectivity index (χ1) is 11.2. The summed E-state index contributed by atoms with van der Waals surface area (Å²) in [6.07, 6.45) is 2.94. The number of esters is 3. The molecule has 0 heterocycles. The number of ether oxygens (including phenoxy) is 3. The maximum atomic E-state index is 11.2. The lowest BCUT2D eigenvalue weighted by molar-refractivity contribution is -0.183. The van der Waals surface area contributed by atoms with Gasteiger partial charge in [0, 0.05) is 23.6 Å². The third kappa shape index (κ3) is 13.1. The molecule has 0 aliphatic carbocycles. The van der Waals surface area contributed by atoms with Gasteiger partial charge in [0.15, 0.2) is 0 Å². The van der Waals surface area contributed by atoms with Gasteiger partial charge in [-0.1, -0.05) is 39.3 Å². The second-order valence-corrected chi connectivity index (χ2v) is 4.71. The monoisotopic (exact) mass is 338 g/mol. The summed E-state index contributed by atoms with van der Waals surface area (Å²) in [7, 11) is 0. The summed E-state index contributed by atoms with van der Waals surface area (Å²) in [6, 6.07) is 0. The summed E-state index contributed by atoms with van der Waals surface area (Å²) >= 11 is 0. The maximum absolute atomic E-state index is 11.2. The number of carbonyl (C=O) groups is 3. The zero-order chi connectivity index (χ0) is 19.1. The summed E-state index contributed by atoms with van der Waals surface area (Å²) in [5.74, 6) is -1.54. The highest BCUT2D eigenvalue weighted by Gasteiger charge is 2.18. The van der Waals surface area contributed by atoms with Crippen molar-refractivity contribution in [1.29, 1.82) is 0 Å². The first-order valence-corrected chi connectivity index (χ1v) is 7.32. The van der Waals surface area contributed by atoms with E-state index in [0.717, 1.165) is 12.5 Å². The summed E-state index contributed by atoms with van der Waals surface area (Å²) in [5.41, 5.74) is 0.542. The Morgan fingerprint density at radius 2 is 1.46 bits per heavy atom. The molecule has 0 unspecified atom stereocenters. The first kappa shape index (κ1) is 23.6. The van der Waals surface area contributed by atoms with E-state index >= 15 is 0 Å². The van der Waals surface area contributed by atoms with Gasteiger partial charge in [0.25, 0.3) is 0 Å². The lowest BCUT2D eigenvalue weighted by Gasteiger charge is -2.17.